The Kier molecular flexibility index (Phi) is 4.20. The molecule has 1 aromatic carbocycles. The molecule has 1 spiro atoms. The Bertz CT molecular complexity index is 1020. The van der Waals surface area contributed by atoms with E-state index in [0.29, 0.717) is 33.7 Å². The number of halogens is 1. The van der Waals surface area contributed by atoms with E-state index in [1.807, 2.05) is 0 Å². The number of piperidine rings is 1. The van der Waals surface area contributed by atoms with Gasteiger partial charge in [-0.3, -0.25) is 5.10 Å². The Morgan fingerprint density at radius 2 is 1.93 bits per heavy atom. The van der Waals surface area contributed by atoms with Crippen LogP contribution in [0.3, 0.4) is 0 Å². The second-order valence-corrected chi connectivity index (χ2v) is 8.12. The number of phenols is 1. The molecule has 0 amide bonds. The molecule has 4 heterocycles. The van der Waals surface area contributed by atoms with E-state index in [2.05, 4.69) is 42.2 Å². The molecule has 8 nitrogen and oxygen atoms in total. The second-order valence-electron chi connectivity index (χ2n) is 8.12. The Morgan fingerprint density at radius 1 is 1.14 bits per heavy atom. The molecular formula is C20H22FN7O. The van der Waals surface area contributed by atoms with Crippen molar-refractivity contribution in [3.8, 4) is 28.1 Å². The van der Waals surface area contributed by atoms with Gasteiger partial charge < -0.3 is 14.9 Å². The summed E-state index contributed by atoms with van der Waals surface area (Å²) in [5, 5.41) is 24.8. The maximum atomic E-state index is 13.6. The molecule has 2 N–H and O–H groups in total. The first-order valence-electron chi connectivity index (χ1n) is 9.69. The molecule has 2 aromatic heterocycles. The third-order valence-corrected chi connectivity index (χ3v) is 6.11. The quantitative estimate of drug-likeness (QED) is 0.703. The summed E-state index contributed by atoms with van der Waals surface area (Å²) in [7, 11) is 2.17. The molecular weight excluding hydrogens is 373 g/mol. The van der Waals surface area contributed by atoms with Crippen molar-refractivity contribution in [1.29, 1.82) is 0 Å². The highest BCUT2D eigenvalue weighted by atomic mass is 19.1. The largest absolute Gasteiger partial charge is 0.507 e. The number of rotatable bonds is 3. The van der Waals surface area contributed by atoms with Gasteiger partial charge in [0.2, 0.25) is 11.9 Å². The Labute approximate surface area is 167 Å². The second kappa shape index (κ2) is 6.77. The monoisotopic (exact) mass is 395 g/mol. The van der Waals surface area contributed by atoms with E-state index in [9.17, 15) is 9.50 Å². The van der Waals surface area contributed by atoms with Crippen LogP contribution in [-0.4, -0.2) is 68.6 Å². The zero-order valence-electron chi connectivity index (χ0n) is 16.1. The van der Waals surface area contributed by atoms with Crippen LogP contribution in [0, 0.1) is 11.4 Å². The first-order chi connectivity index (χ1) is 14.0. The first kappa shape index (κ1) is 18.0. The summed E-state index contributed by atoms with van der Waals surface area (Å²) in [5.74, 6) is -0.00375. The summed E-state index contributed by atoms with van der Waals surface area (Å²) in [5.41, 5.74) is 2.19. The van der Waals surface area contributed by atoms with Gasteiger partial charge in [0.1, 0.15) is 11.4 Å². The third-order valence-electron chi connectivity index (χ3n) is 6.11. The van der Waals surface area contributed by atoms with Crippen molar-refractivity contribution in [3.05, 3.63) is 36.5 Å². The highest BCUT2D eigenvalue weighted by molar-refractivity contribution is 5.73. The van der Waals surface area contributed by atoms with Gasteiger partial charge in [-0.25, -0.2) is 4.98 Å². The predicted molar refractivity (Wildman–Crippen MR) is 106 cm³/mol. The van der Waals surface area contributed by atoms with E-state index in [1.54, 1.807) is 18.3 Å². The predicted octanol–water partition coefficient (Wildman–Crippen LogP) is 2.31. The number of aromatic nitrogens is 5. The fourth-order valence-electron chi connectivity index (χ4n) is 4.24. The normalized spacial score (nSPS) is 18.8. The van der Waals surface area contributed by atoms with E-state index in [-0.39, 0.29) is 5.75 Å². The fraction of sp³-hybridized carbons (Fsp3) is 0.400. The van der Waals surface area contributed by atoms with Crippen molar-refractivity contribution in [2.24, 2.45) is 5.41 Å². The first-order valence-corrected chi connectivity index (χ1v) is 9.69. The summed E-state index contributed by atoms with van der Waals surface area (Å²) in [6.07, 6.45) is 5.49. The van der Waals surface area contributed by atoms with Gasteiger partial charge in [-0.05, 0) is 50.7 Å². The number of nitrogens with one attached hydrogen (secondary N) is 1. The lowest BCUT2D eigenvalue weighted by atomic mass is 9.72. The van der Waals surface area contributed by atoms with Crippen LogP contribution in [0.25, 0.3) is 22.4 Å². The van der Waals surface area contributed by atoms with Gasteiger partial charge in [0.05, 0.1) is 11.8 Å². The molecule has 2 fully saturated rings. The Balaban J connectivity index is 1.30. The minimum atomic E-state index is -0.611. The van der Waals surface area contributed by atoms with Crippen LogP contribution in [-0.2, 0) is 0 Å². The van der Waals surface area contributed by atoms with Crippen LogP contribution in [0.2, 0.25) is 0 Å². The molecule has 0 unspecified atom stereocenters. The standard InChI is InChI=1S/C20H22FN7O/c1-27-6-4-20(5-7-27)11-28(12-20)19-22-10-16(24-26-19)14-3-2-13(8-17(14)29)15-9-23-25-18(15)21/h2-3,8-10,29H,4-7,11-12H2,1H3,(H,23,25). The fourth-order valence-corrected chi connectivity index (χ4v) is 4.24. The molecule has 3 aromatic rings. The Morgan fingerprint density at radius 3 is 2.55 bits per heavy atom. The molecule has 9 heteroatoms. The van der Waals surface area contributed by atoms with Crippen LogP contribution in [0.5, 0.6) is 5.75 Å². The maximum absolute atomic E-state index is 13.6. The molecule has 5 rings (SSSR count). The molecule has 0 bridgehead atoms. The molecule has 150 valence electrons. The summed E-state index contributed by atoms with van der Waals surface area (Å²) in [6.45, 7) is 4.23. The van der Waals surface area contributed by atoms with Crippen LogP contribution < -0.4 is 4.90 Å². The summed E-state index contributed by atoms with van der Waals surface area (Å²) in [4.78, 5) is 8.99. The van der Waals surface area contributed by atoms with Crippen molar-refractivity contribution in [2.45, 2.75) is 12.8 Å². The van der Waals surface area contributed by atoms with Crippen molar-refractivity contribution in [1.82, 2.24) is 30.3 Å². The van der Waals surface area contributed by atoms with E-state index in [1.165, 1.54) is 25.1 Å². The topological polar surface area (TPSA) is 94.1 Å². The average Bonchev–Trinajstić information content (AvgIpc) is 3.13. The molecule has 29 heavy (non-hydrogen) atoms. The van der Waals surface area contributed by atoms with Gasteiger partial charge in [-0.1, -0.05) is 6.07 Å². The highest BCUT2D eigenvalue weighted by Gasteiger charge is 2.45. The van der Waals surface area contributed by atoms with E-state index >= 15 is 0 Å². The zero-order valence-corrected chi connectivity index (χ0v) is 16.1. The number of nitrogens with zero attached hydrogens (tertiary/aromatic N) is 6. The van der Waals surface area contributed by atoms with Crippen LogP contribution >= 0.6 is 0 Å². The lowest BCUT2D eigenvalue weighted by Crippen LogP contribution is -2.60. The number of likely N-dealkylation sites (tertiary alicyclic amines) is 1. The Hall–Kier alpha value is -3.07. The lowest BCUT2D eigenvalue weighted by molar-refractivity contribution is 0.0893. The lowest BCUT2D eigenvalue weighted by Gasteiger charge is -2.53. The van der Waals surface area contributed by atoms with E-state index in [4.69, 9.17) is 0 Å². The number of aromatic amines is 1. The van der Waals surface area contributed by atoms with E-state index < -0.39 is 5.95 Å². The zero-order chi connectivity index (χ0) is 20.0. The maximum Gasteiger partial charge on any atom is 0.245 e. The molecule has 0 radical (unpaired) electrons. The van der Waals surface area contributed by atoms with Gasteiger partial charge >= 0.3 is 0 Å². The summed E-state index contributed by atoms with van der Waals surface area (Å²) >= 11 is 0. The van der Waals surface area contributed by atoms with Crippen molar-refractivity contribution in [2.75, 3.05) is 38.1 Å². The number of hydrogen-bond acceptors (Lipinski definition) is 7. The molecule has 2 aliphatic heterocycles. The number of aromatic hydroxyl groups is 1. The smallest absolute Gasteiger partial charge is 0.245 e. The van der Waals surface area contributed by atoms with Gasteiger partial charge in [0, 0.05) is 30.3 Å². The van der Waals surface area contributed by atoms with Crippen molar-refractivity contribution >= 4 is 5.95 Å². The number of H-pyrrole nitrogens is 1. The SMILES string of the molecule is CN1CCC2(CC1)CN(c1ncc(-c3ccc(-c4c[nH]nc4F)cc3O)nn1)C2. The van der Waals surface area contributed by atoms with Crippen LogP contribution in [0.4, 0.5) is 10.3 Å². The molecule has 0 saturated carbocycles. The van der Waals surface area contributed by atoms with E-state index in [0.717, 1.165) is 26.2 Å². The van der Waals surface area contributed by atoms with Crippen molar-refractivity contribution < 1.29 is 9.50 Å². The molecule has 2 saturated heterocycles. The third kappa shape index (κ3) is 3.21. The highest BCUT2D eigenvalue weighted by Crippen LogP contribution is 2.41. The van der Waals surface area contributed by atoms with Crippen LogP contribution in [0.1, 0.15) is 12.8 Å². The molecule has 0 aliphatic carbocycles. The van der Waals surface area contributed by atoms with Gasteiger partial charge in [-0.2, -0.15) is 4.39 Å². The minimum absolute atomic E-state index is 0.0128. The van der Waals surface area contributed by atoms with Gasteiger partial charge in [0.15, 0.2) is 0 Å². The van der Waals surface area contributed by atoms with Crippen LogP contribution in [0.15, 0.2) is 30.6 Å². The van der Waals surface area contributed by atoms with Gasteiger partial charge in [-0.15, -0.1) is 15.3 Å². The number of anilines is 1. The average molecular weight is 395 g/mol. The van der Waals surface area contributed by atoms with Gasteiger partial charge in [0.25, 0.3) is 0 Å². The summed E-state index contributed by atoms with van der Waals surface area (Å²) < 4.78 is 13.6. The number of hydrogen-bond donors (Lipinski definition) is 2. The number of phenolic OH excluding ortho intramolecular Hbond substituents is 1. The minimum Gasteiger partial charge on any atom is -0.507 e. The summed E-state index contributed by atoms with van der Waals surface area (Å²) in [6, 6.07) is 4.87. The number of benzene rings is 1. The molecule has 2 aliphatic rings. The molecule has 0 atom stereocenters. The van der Waals surface area contributed by atoms with Crippen molar-refractivity contribution in [3.63, 3.8) is 0 Å².